The van der Waals surface area contributed by atoms with Crippen molar-refractivity contribution in [1.29, 1.82) is 0 Å². The second kappa shape index (κ2) is 7.47. The van der Waals surface area contributed by atoms with E-state index in [1.807, 2.05) is 0 Å². The van der Waals surface area contributed by atoms with Crippen LogP contribution in [0.15, 0.2) is 18.2 Å². The summed E-state index contributed by atoms with van der Waals surface area (Å²) in [5.74, 6) is -1.05. The zero-order valence-corrected chi connectivity index (χ0v) is 12.2. The molecule has 1 aromatic rings. The molecular formula is C15H21F2N3O. The van der Waals surface area contributed by atoms with Gasteiger partial charge in [0, 0.05) is 44.4 Å². The van der Waals surface area contributed by atoms with Gasteiger partial charge in [-0.15, -0.1) is 0 Å². The lowest BCUT2D eigenvalue weighted by molar-refractivity contribution is -0.122. The molecule has 0 bridgehead atoms. The van der Waals surface area contributed by atoms with Crippen molar-refractivity contribution in [2.24, 2.45) is 0 Å². The number of likely N-dealkylation sites (N-methyl/N-ethyl adjacent to an activating group) is 1. The molecule has 4 nitrogen and oxygen atoms in total. The van der Waals surface area contributed by atoms with Crippen LogP contribution in [0.1, 0.15) is 18.4 Å². The molecule has 21 heavy (non-hydrogen) atoms. The molecule has 1 fully saturated rings. The maximum atomic E-state index is 13.5. The van der Waals surface area contributed by atoms with Crippen LogP contribution in [-0.2, 0) is 11.3 Å². The summed E-state index contributed by atoms with van der Waals surface area (Å²) in [6.07, 6.45) is 1.83. The summed E-state index contributed by atoms with van der Waals surface area (Å²) in [4.78, 5) is 13.4. The van der Waals surface area contributed by atoms with Gasteiger partial charge in [0.15, 0.2) is 0 Å². The molecule has 0 saturated carbocycles. The van der Waals surface area contributed by atoms with Gasteiger partial charge in [-0.2, -0.15) is 0 Å². The number of benzene rings is 1. The lowest BCUT2D eigenvalue weighted by atomic mass is 10.0. The number of piperidine rings is 1. The molecule has 6 heteroatoms. The van der Waals surface area contributed by atoms with Gasteiger partial charge in [0.2, 0.25) is 5.91 Å². The molecule has 1 saturated heterocycles. The predicted octanol–water partition coefficient (Wildman–Crippen LogP) is 1.26. The smallest absolute Gasteiger partial charge is 0.233 e. The summed E-state index contributed by atoms with van der Waals surface area (Å²) in [5.41, 5.74) is 0.476. The number of nitrogens with one attached hydrogen (secondary N) is 2. The molecule has 0 unspecified atom stereocenters. The normalized spacial score (nSPS) is 16.9. The Hall–Kier alpha value is -1.53. The average Bonchev–Trinajstić information content (AvgIpc) is 2.48. The van der Waals surface area contributed by atoms with Crippen LogP contribution in [0.5, 0.6) is 0 Å². The third-order valence-corrected chi connectivity index (χ3v) is 3.83. The SMILES string of the molecule is CNC(=O)CN1CCC(NCc2ccc(F)cc2F)CC1. The van der Waals surface area contributed by atoms with Gasteiger partial charge in [-0.05, 0) is 18.9 Å². The number of carbonyl (C=O) groups excluding carboxylic acids is 1. The van der Waals surface area contributed by atoms with Gasteiger partial charge in [-0.25, -0.2) is 8.78 Å². The van der Waals surface area contributed by atoms with E-state index < -0.39 is 11.6 Å². The summed E-state index contributed by atoms with van der Waals surface area (Å²) in [6.45, 7) is 2.51. The summed E-state index contributed by atoms with van der Waals surface area (Å²) < 4.78 is 26.3. The van der Waals surface area contributed by atoms with Crippen molar-refractivity contribution < 1.29 is 13.6 Å². The summed E-state index contributed by atoms with van der Waals surface area (Å²) in [5, 5.41) is 5.91. The molecule has 0 atom stereocenters. The molecule has 2 rings (SSSR count). The largest absolute Gasteiger partial charge is 0.358 e. The van der Waals surface area contributed by atoms with E-state index in [1.54, 1.807) is 7.05 Å². The van der Waals surface area contributed by atoms with Gasteiger partial charge in [-0.1, -0.05) is 6.07 Å². The van der Waals surface area contributed by atoms with E-state index in [-0.39, 0.29) is 5.91 Å². The number of hydrogen-bond donors (Lipinski definition) is 2. The summed E-state index contributed by atoms with van der Waals surface area (Å²) in [6, 6.07) is 3.95. The lowest BCUT2D eigenvalue weighted by Gasteiger charge is -2.31. The number of rotatable bonds is 5. The Labute approximate surface area is 123 Å². The summed E-state index contributed by atoms with van der Waals surface area (Å²) in [7, 11) is 1.63. The first-order valence-corrected chi connectivity index (χ1v) is 7.18. The van der Waals surface area contributed by atoms with E-state index >= 15 is 0 Å². The van der Waals surface area contributed by atoms with Crippen LogP contribution >= 0.6 is 0 Å². The molecular weight excluding hydrogens is 276 g/mol. The Morgan fingerprint density at radius 3 is 2.67 bits per heavy atom. The minimum atomic E-state index is -0.557. The van der Waals surface area contributed by atoms with Gasteiger partial charge in [0.05, 0.1) is 6.54 Å². The van der Waals surface area contributed by atoms with E-state index in [4.69, 9.17) is 0 Å². The molecule has 1 amide bonds. The first-order valence-electron chi connectivity index (χ1n) is 7.18. The Balaban J connectivity index is 1.75. The summed E-state index contributed by atoms with van der Waals surface area (Å²) >= 11 is 0. The molecule has 0 radical (unpaired) electrons. The van der Waals surface area contributed by atoms with Crippen molar-refractivity contribution in [2.75, 3.05) is 26.7 Å². The van der Waals surface area contributed by atoms with Crippen LogP contribution < -0.4 is 10.6 Å². The molecule has 1 aromatic carbocycles. The van der Waals surface area contributed by atoms with Crippen molar-refractivity contribution in [1.82, 2.24) is 15.5 Å². The highest BCUT2D eigenvalue weighted by molar-refractivity contribution is 5.77. The van der Waals surface area contributed by atoms with E-state index in [1.165, 1.54) is 12.1 Å². The van der Waals surface area contributed by atoms with Crippen molar-refractivity contribution in [3.8, 4) is 0 Å². The second-order valence-electron chi connectivity index (χ2n) is 5.34. The number of likely N-dealkylation sites (tertiary alicyclic amines) is 1. The molecule has 1 heterocycles. The zero-order chi connectivity index (χ0) is 15.2. The fraction of sp³-hybridized carbons (Fsp3) is 0.533. The van der Waals surface area contributed by atoms with E-state index in [2.05, 4.69) is 15.5 Å². The van der Waals surface area contributed by atoms with Crippen molar-refractivity contribution >= 4 is 5.91 Å². The third-order valence-electron chi connectivity index (χ3n) is 3.83. The Morgan fingerprint density at radius 2 is 2.05 bits per heavy atom. The first kappa shape index (κ1) is 15.9. The lowest BCUT2D eigenvalue weighted by Crippen LogP contribution is -2.45. The number of carbonyl (C=O) groups is 1. The number of halogens is 2. The van der Waals surface area contributed by atoms with Gasteiger partial charge in [0.1, 0.15) is 11.6 Å². The molecule has 1 aliphatic heterocycles. The average molecular weight is 297 g/mol. The van der Waals surface area contributed by atoms with Crippen molar-refractivity contribution in [3.63, 3.8) is 0 Å². The quantitative estimate of drug-likeness (QED) is 0.860. The molecule has 2 N–H and O–H groups in total. The van der Waals surface area contributed by atoms with Crippen LogP contribution in [-0.4, -0.2) is 43.5 Å². The highest BCUT2D eigenvalue weighted by Crippen LogP contribution is 2.13. The molecule has 0 spiro atoms. The van der Waals surface area contributed by atoms with Crippen molar-refractivity contribution in [3.05, 3.63) is 35.4 Å². The Bertz CT molecular complexity index is 488. The fourth-order valence-corrected chi connectivity index (χ4v) is 2.50. The van der Waals surface area contributed by atoms with Gasteiger partial charge in [-0.3, -0.25) is 9.69 Å². The number of hydrogen-bond acceptors (Lipinski definition) is 3. The minimum Gasteiger partial charge on any atom is -0.358 e. The van der Waals surface area contributed by atoms with E-state index in [0.717, 1.165) is 32.0 Å². The number of nitrogens with zero attached hydrogens (tertiary/aromatic N) is 1. The van der Waals surface area contributed by atoms with Crippen LogP contribution in [0.2, 0.25) is 0 Å². The van der Waals surface area contributed by atoms with Gasteiger partial charge < -0.3 is 10.6 Å². The third kappa shape index (κ3) is 4.75. The van der Waals surface area contributed by atoms with Gasteiger partial charge >= 0.3 is 0 Å². The minimum absolute atomic E-state index is 0.0230. The van der Waals surface area contributed by atoms with Crippen LogP contribution in [0.25, 0.3) is 0 Å². The topological polar surface area (TPSA) is 44.4 Å². The highest BCUT2D eigenvalue weighted by atomic mass is 19.1. The maximum absolute atomic E-state index is 13.5. The standard InChI is InChI=1S/C15H21F2N3O/c1-18-15(21)10-20-6-4-13(5-7-20)19-9-11-2-3-12(16)8-14(11)17/h2-3,8,13,19H,4-7,9-10H2,1H3,(H,18,21). The number of amides is 1. The first-order chi connectivity index (χ1) is 10.1. The molecule has 0 aliphatic carbocycles. The molecule has 0 aromatic heterocycles. The second-order valence-corrected chi connectivity index (χ2v) is 5.34. The predicted molar refractivity (Wildman–Crippen MR) is 76.7 cm³/mol. The molecule has 1 aliphatic rings. The van der Waals surface area contributed by atoms with E-state index in [0.29, 0.717) is 24.7 Å². The molecule has 116 valence electrons. The van der Waals surface area contributed by atoms with Gasteiger partial charge in [0.25, 0.3) is 0 Å². The zero-order valence-electron chi connectivity index (χ0n) is 12.2. The van der Waals surface area contributed by atoms with Crippen LogP contribution in [0, 0.1) is 11.6 Å². The maximum Gasteiger partial charge on any atom is 0.233 e. The van der Waals surface area contributed by atoms with Crippen LogP contribution in [0.4, 0.5) is 8.78 Å². The highest BCUT2D eigenvalue weighted by Gasteiger charge is 2.20. The Morgan fingerprint density at radius 1 is 1.33 bits per heavy atom. The van der Waals surface area contributed by atoms with Crippen molar-refractivity contribution in [2.45, 2.75) is 25.4 Å². The van der Waals surface area contributed by atoms with E-state index in [9.17, 15) is 13.6 Å². The van der Waals surface area contributed by atoms with Crippen LogP contribution in [0.3, 0.4) is 0 Å². The Kier molecular flexibility index (Phi) is 5.64. The monoisotopic (exact) mass is 297 g/mol. The fourth-order valence-electron chi connectivity index (χ4n) is 2.50.